The summed E-state index contributed by atoms with van der Waals surface area (Å²) in [6.45, 7) is 9.10. The molecule has 1 atom stereocenters. The molecule has 1 aliphatic heterocycles. The molecule has 0 bridgehead atoms. The van der Waals surface area contributed by atoms with Crippen LogP contribution in [0.4, 0.5) is 14.6 Å². The monoisotopic (exact) mass is 560 g/mol. The van der Waals surface area contributed by atoms with Crippen molar-refractivity contribution in [3.05, 3.63) is 58.8 Å². The normalized spacial score (nSPS) is 14.1. The lowest BCUT2D eigenvalue weighted by molar-refractivity contribution is -0.139. The first kappa shape index (κ1) is 31.4. The second kappa shape index (κ2) is 15.0. The first-order chi connectivity index (χ1) is 19.0. The number of anilines is 1. The molecule has 40 heavy (non-hydrogen) atoms. The number of ether oxygens (including phenoxy) is 1. The van der Waals surface area contributed by atoms with E-state index in [1.54, 1.807) is 0 Å². The van der Waals surface area contributed by atoms with Gasteiger partial charge < -0.3 is 25.4 Å². The van der Waals surface area contributed by atoms with Crippen LogP contribution in [0.1, 0.15) is 80.1 Å². The van der Waals surface area contributed by atoms with E-state index in [0.717, 1.165) is 56.7 Å². The number of aliphatic carboxylic acids is 1. The maximum absolute atomic E-state index is 13.3. The topological polar surface area (TPSA) is 104 Å². The summed E-state index contributed by atoms with van der Waals surface area (Å²) in [4.78, 5) is 31.5. The van der Waals surface area contributed by atoms with Crippen molar-refractivity contribution in [2.45, 2.75) is 77.4 Å². The number of benzene rings is 1. The minimum Gasteiger partial charge on any atom is -0.480 e. The zero-order chi connectivity index (χ0) is 29.1. The molecular formula is C30H42F2N4O4. The van der Waals surface area contributed by atoms with E-state index in [-0.39, 0.29) is 17.6 Å². The summed E-state index contributed by atoms with van der Waals surface area (Å²) in [6.07, 6.45) is 2.12. The molecule has 10 heteroatoms. The van der Waals surface area contributed by atoms with E-state index in [2.05, 4.69) is 27.7 Å². The number of amides is 1. The van der Waals surface area contributed by atoms with Crippen molar-refractivity contribution >= 4 is 17.7 Å². The average molecular weight is 561 g/mol. The number of nitrogens with one attached hydrogen (secondary N) is 2. The van der Waals surface area contributed by atoms with Crippen LogP contribution >= 0.6 is 0 Å². The number of halogens is 2. The number of hydrogen-bond donors (Lipinski definition) is 3. The van der Waals surface area contributed by atoms with Crippen molar-refractivity contribution in [3.63, 3.8) is 0 Å². The first-order valence-corrected chi connectivity index (χ1v) is 14.0. The number of pyridine rings is 1. The molecule has 0 fully saturated rings. The van der Waals surface area contributed by atoms with Crippen molar-refractivity contribution in [3.8, 4) is 0 Å². The van der Waals surface area contributed by atoms with Crippen LogP contribution in [0.15, 0.2) is 36.4 Å². The first-order valence-electron chi connectivity index (χ1n) is 14.0. The molecule has 0 aliphatic carbocycles. The minimum absolute atomic E-state index is 0.130. The van der Waals surface area contributed by atoms with Gasteiger partial charge in [0.05, 0.1) is 12.2 Å². The number of carboxylic acid groups (broad SMARTS) is 1. The summed E-state index contributed by atoms with van der Waals surface area (Å²) in [6, 6.07) is 8.37. The molecule has 1 aliphatic rings. The molecular weight excluding hydrogens is 518 g/mol. The van der Waals surface area contributed by atoms with Gasteiger partial charge in [0.25, 0.3) is 12.3 Å². The number of alkyl halides is 2. The lowest BCUT2D eigenvalue weighted by Gasteiger charge is -2.27. The molecule has 3 N–H and O–H groups in total. The molecule has 0 radical (unpaired) electrons. The highest BCUT2D eigenvalue weighted by Crippen LogP contribution is 2.23. The van der Waals surface area contributed by atoms with Crippen LogP contribution in [0, 0.1) is 0 Å². The summed E-state index contributed by atoms with van der Waals surface area (Å²) in [5, 5.41) is 15.6. The molecule has 0 saturated heterocycles. The SMILES string of the molecule is CC(C)(C)OCCN(CCCCc1ccc2c(n1)NCCC2)CCC(NC(=O)c1ccccc1C(F)F)C(=O)O. The van der Waals surface area contributed by atoms with E-state index in [0.29, 0.717) is 19.7 Å². The number of fused-ring (bicyclic) bond motifs is 1. The van der Waals surface area contributed by atoms with E-state index in [4.69, 9.17) is 9.72 Å². The molecule has 8 nitrogen and oxygen atoms in total. The number of nitrogens with zero attached hydrogens (tertiary/aromatic N) is 2. The third kappa shape index (κ3) is 10.1. The van der Waals surface area contributed by atoms with Crippen LogP contribution in [-0.2, 0) is 22.4 Å². The molecule has 1 amide bonds. The number of carbonyl (C=O) groups excluding carboxylic acids is 1. The smallest absolute Gasteiger partial charge is 0.326 e. The second-order valence-corrected chi connectivity index (χ2v) is 11.1. The Kier molecular flexibility index (Phi) is 11.8. The quantitative estimate of drug-likeness (QED) is 0.261. The van der Waals surface area contributed by atoms with Gasteiger partial charge in [-0.3, -0.25) is 4.79 Å². The fraction of sp³-hybridized carbons (Fsp3) is 0.567. The van der Waals surface area contributed by atoms with Gasteiger partial charge in [-0.05, 0) is 83.5 Å². The Morgan fingerprint density at radius 2 is 1.90 bits per heavy atom. The lowest BCUT2D eigenvalue weighted by Crippen LogP contribution is -2.44. The molecule has 2 aromatic rings. The number of hydrogen-bond acceptors (Lipinski definition) is 6. The number of carboxylic acids is 1. The van der Waals surface area contributed by atoms with Gasteiger partial charge >= 0.3 is 5.97 Å². The minimum atomic E-state index is -2.84. The van der Waals surface area contributed by atoms with Crippen LogP contribution in [0.2, 0.25) is 0 Å². The van der Waals surface area contributed by atoms with Gasteiger partial charge in [-0.15, -0.1) is 0 Å². The standard InChI is InChI=1S/C30H42F2N4O4/c1-30(2,3)40-20-19-36(17-7-6-10-22-14-13-21-9-8-16-33-27(21)34-22)18-15-25(29(38)39)35-28(37)24-12-5-4-11-23(24)26(31)32/h4-5,11-14,25-26H,6-10,15-20H2,1-3H3,(H,33,34)(H,35,37)(H,38,39). The van der Waals surface area contributed by atoms with Gasteiger partial charge in [-0.25, -0.2) is 18.6 Å². The van der Waals surface area contributed by atoms with Crippen molar-refractivity contribution in [2.75, 3.05) is 38.1 Å². The zero-order valence-corrected chi connectivity index (χ0v) is 23.7. The fourth-order valence-corrected chi connectivity index (χ4v) is 4.67. The summed E-state index contributed by atoms with van der Waals surface area (Å²) >= 11 is 0. The Labute approximate surface area is 235 Å². The molecule has 1 aromatic carbocycles. The van der Waals surface area contributed by atoms with Crippen molar-refractivity contribution in [1.82, 2.24) is 15.2 Å². The Morgan fingerprint density at radius 1 is 1.12 bits per heavy atom. The van der Waals surface area contributed by atoms with Gasteiger partial charge in [-0.2, -0.15) is 0 Å². The Hall–Kier alpha value is -3.11. The number of rotatable bonds is 15. The van der Waals surface area contributed by atoms with Crippen LogP contribution in [0.3, 0.4) is 0 Å². The molecule has 220 valence electrons. The molecule has 1 unspecified atom stereocenters. The molecule has 1 aromatic heterocycles. The molecule has 0 saturated carbocycles. The van der Waals surface area contributed by atoms with Gasteiger partial charge in [-0.1, -0.05) is 24.3 Å². The molecule has 3 rings (SSSR count). The summed E-state index contributed by atoms with van der Waals surface area (Å²) in [5.41, 5.74) is 1.37. The summed E-state index contributed by atoms with van der Waals surface area (Å²) in [7, 11) is 0. The highest BCUT2D eigenvalue weighted by Gasteiger charge is 2.25. The molecule has 2 heterocycles. The maximum Gasteiger partial charge on any atom is 0.326 e. The van der Waals surface area contributed by atoms with Crippen LogP contribution in [0.5, 0.6) is 0 Å². The third-order valence-corrected chi connectivity index (χ3v) is 6.83. The Morgan fingerprint density at radius 3 is 2.62 bits per heavy atom. The lowest BCUT2D eigenvalue weighted by atomic mass is 10.1. The maximum atomic E-state index is 13.3. The van der Waals surface area contributed by atoms with E-state index >= 15 is 0 Å². The Bertz CT molecular complexity index is 1120. The predicted molar refractivity (Wildman–Crippen MR) is 151 cm³/mol. The van der Waals surface area contributed by atoms with E-state index < -0.39 is 29.9 Å². The highest BCUT2D eigenvalue weighted by atomic mass is 19.3. The number of unbranched alkanes of at least 4 members (excludes halogenated alkanes) is 1. The van der Waals surface area contributed by atoms with Crippen molar-refractivity contribution < 1.29 is 28.2 Å². The largest absolute Gasteiger partial charge is 0.480 e. The van der Waals surface area contributed by atoms with E-state index in [1.165, 1.54) is 29.8 Å². The van der Waals surface area contributed by atoms with E-state index in [1.807, 2.05) is 20.8 Å². The van der Waals surface area contributed by atoms with Crippen LogP contribution in [-0.4, -0.2) is 71.3 Å². The van der Waals surface area contributed by atoms with Crippen molar-refractivity contribution in [2.24, 2.45) is 0 Å². The van der Waals surface area contributed by atoms with Gasteiger partial charge in [0.2, 0.25) is 0 Å². The third-order valence-electron chi connectivity index (χ3n) is 6.83. The summed E-state index contributed by atoms with van der Waals surface area (Å²) in [5.74, 6) is -1.04. The number of aromatic nitrogens is 1. The van der Waals surface area contributed by atoms with Crippen LogP contribution < -0.4 is 10.6 Å². The van der Waals surface area contributed by atoms with Gasteiger partial charge in [0, 0.05) is 36.5 Å². The predicted octanol–water partition coefficient (Wildman–Crippen LogP) is 5.09. The molecule has 0 spiro atoms. The fourth-order valence-electron chi connectivity index (χ4n) is 4.67. The number of carbonyl (C=O) groups is 2. The second-order valence-electron chi connectivity index (χ2n) is 11.1. The number of aryl methyl sites for hydroxylation is 2. The average Bonchev–Trinajstić information content (AvgIpc) is 2.91. The van der Waals surface area contributed by atoms with E-state index in [9.17, 15) is 23.5 Å². The van der Waals surface area contributed by atoms with Crippen molar-refractivity contribution in [1.29, 1.82) is 0 Å². The van der Waals surface area contributed by atoms with Gasteiger partial charge in [0.15, 0.2) is 0 Å². The Balaban J connectivity index is 1.56. The zero-order valence-electron chi connectivity index (χ0n) is 23.7. The van der Waals surface area contributed by atoms with Gasteiger partial charge in [0.1, 0.15) is 11.9 Å². The highest BCUT2D eigenvalue weighted by molar-refractivity contribution is 5.97. The summed E-state index contributed by atoms with van der Waals surface area (Å²) < 4.78 is 32.6. The van der Waals surface area contributed by atoms with Crippen LogP contribution in [0.25, 0.3) is 0 Å².